The van der Waals surface area contributed by atoms with Crippen molar-refractivity contribution in [2.45, 2.75) is 132 Å². The summed E-state index contributed by atoms with van der Waals surface area (Å²) >= 11 is 4.26. The van der Waals surface area contributed by atoms with E-state index in [1.165, 1.54) is 44.1 Å². The number of aliphatic hydroxyl groups is 1. The fourth-order valence-corrected chi connectivity index (χ4v) is 7.92. The van der Waals surface area contributed by atoms with Crippen molar-refractivity contribution in [2.24, 2.45) is 33.7 Å². The summed E-state index contributed by atoms with van der Waals surface area (Å²) in [6.45, 7) is 1.12. The Hall–Kier alpha value is -7.87. The van der Waals surface area contributed by atoms with Crippen molar-refractivity contribution >= 4 is 71.8 Å². The number of phenolic OH excluding ortho intramolecular Hbond substituents is 1. The van der Waals surface area contributed by atoms with E-state index in [4.69, 9.17) is 28.7 Å². The van der Waals surface area contributed by atoms with Gasteiger partial charge in [0, 0.05) is 48.9 Å². The summed E-state index contributed by atoms with van der Waals surface area (Å²) < 4.78 is 0. The van der Waals surface area contributed by atoms with Crippen molar-refractivity contribution in [1.82, 2.24) is 62.5 Å². The highest BCUT2D eigenvalue weighted by molar-refractivity contribution is 7.80. The molecule has 0 radical (unpaired) electrons. The van der Waals surface area contributed by atoms with Crippen LogP contribution in [0.3, 0.4) is 0 Å². The van der Waals surface area contributed by atoms with E-state index in [-0.39, 0.29) is 82.0 Å². The molecule has 0 bridgehead atoms. The minimum absolute atomic E-state index is 0.0183. The number of aromatic amines is 2. The van der Waals surface area contributed by atoms with Crippen molar-refractivity contribution in [1.29, 1.82) is 0 Å². The number of thiol groups is 1. The van der Waals surface area contributed by atoms with Crippen LogP contribution in [-0.2, 0) is 62.4 Å². The molecular formula is C48H76N18O12S. The minimum Gasteiger partial charge on any atom is -0.508 e. The quantitative estimate of drug-likeness (QED) is 0.0111. The highest BCUT2D eigenvalue weighted by Gasteiger charge is 2.35. The predicted octanol–water partition coefficient (Wildman–Crippen LogP) is -5.59. The summed E-state index contributed by atoms with van der Waals surface area (Å²) in [5.74, 6) is -8.84. The first kappa shape index (κ1) is 65.4. The number of aliphatic imine (C=N–C) groups is 1. The Balaban J connectivity index is 1.77. The lowest BCUT2D eigenvalue weighted by atomic mass is 10.0. The third kappa shape index (κ3) is 24.1. The molecule has 8 amide bonds. The second kappa shape index (κ2) is 34.8. The van der Waals surface area contributed by atoms with Gasteiger partial charge in [-0.1, -0.05) is 12.1 Å². The Kier molecular flexibility index (Phi) is 28.8. The van der Waals surface area contributed by atoms with Crippen LogP contribution in [0, 0.1) is 0 Å². The molecule has 0 spiro atoms. The highest BCUT2D eigenvalue weighted by Crippen LogP contribution is 2.13. The Morgan fingerprint density at radius 2 is 1.10 bits per heavy atom. The van der Waals surface area contributed by atoms with Crippen LogP contribution in [0.2, 0.25) is 0 Å². The Morgan fingerprint density at radius 3 is 1.58 bits per heavy atom. The number of carbonyl (C=O) groups is 9. The maximum atomic E-state index is 14.1. The molecule has 9 atom stereocenters. The lowest BCUT2D eigenvalue weighted by molar-refractivity contribution is -0.142. The number of nitrogens with one attached hydrogen (secondary N) is 10. The number of guanidine groups is 1. The maximum absolute atomic E-state index is 14.1. The van der Waals surface area contributed by atoms with Gasteiger partial charge in [0.15, 0.2) is 5.96 Å². The van der Waals surface area contributed by atoms with E-state index in [9.17, 15) is 58.5 Å². The number of unbranched alkanes of at least 4 members (excludes halogenated alkanes) is 2. The molecule has 0 unspecified atom stereocenters. The molecule has 436 valence electrons. The lowest BCUT2D eigenvalue weighted by Gasteiger charge is -2.28. The molecule has 0 aliphatic heterocycles. The van der Waals surface area contributed by atoms with Gasteiger partial charge < -0.3 is 96.5 Å². The van der Waals surface area contributed by atoms with Gasteiger partial charge in [0.1, 0.15) is 48.0 Å². The summed E-state index contributed by atoms with van der Waals surface area (Å²) in [5, 5.41) is 50.1. The van der Waals surface area contributed by atoms with E-state index < -0.39 is 114 Å². The molecule has 3 aromatic rings. The second-order valence-corrected chi connectivity index (χ2v) is 18.8. The van der Waals surface area contributed by atoms with Gasteiger partial charge in [0.05, 0.1) is 31.3 Å². The topological polar surface area (TPSA) is 510 Å². The zero-order valence-corrected chi connectivity index (χ0v) is 44.7. The number of nitrogens with two attached hydrogens (primary N) is 5. The first-order valence-corrected chi connectivity index (χ1v) is 26.1. The van der Waals surface area contributed by atoms with Crippen LogP contribution in [0.15, 0.2) is 54.3 Å². The molecule has 2 aromatic heterocycles. The molecule has 0 aliphatic rings. The van der Waals surface area contributed by atoms with E-state index in [1.807, 2.05) is 0 Å². The highest BCUT2D eigenvalue weighted by atomic mass is 32.1. The van der Waals surface area contributed by atoms with Gasteiger partial charge >= 0.3 is 5.97 Å². The molecule has 79 heavy (non-hydrogen) atoms. The average molecular weight is 1130 g/mol. The summed E-state index contributed by atoms with van der Waals surface area (Å²) in [6.07, 6.45) is 5.41. The number of aliphatic carboxylic acids is 1. The van der Waals surface area contributed by atoms with Crippen LogP contribution in [-0.4, -0.2) is 181 Å². The molecule has 0 fully saturated rings. The number of H-pyrrole nitrogens is 2. The minimum atomic E-state index is -1.76. The molecule has 0 saturated heterocycles. The number of aromatic hydroxyl groups is 1. The number of nitrogens with zero attached hydrogens (tertiary/aromatic N) is 3. The molecular weight excluding hydrogens is 1050 g/mol. The van der Waals surface area contributed by atoms with Crippen LogP contribution >= 0.6 is 12.6 Å². The van der Waals surface area contributed by atoms with E-state index >= 15 is 0 Å². The van der Waals surface area contributed by atoms with E-state index in [1.54, 1.807) is 12.1 Å². The largest absolute Gasteiger partial charge is 0.508 e. The Labute approximate surface area is 461 Å². The van der Waals surface area contributed by atoms with Gasteiger partial charge in [-0.05, 0) is 95.5 Å². The normalized spacial score (nSPS) is 14.5. The number of hydrogen-bond donors (Lipinski definition) is 19. The number of aliphatic hydroxyl groups excluding tert-OH is 1. The number of benzene rings is 1. The third-order valence-electron chi connectivity index (χ3n) is 12.0. The van der Waals surface area contributed by atoms with E-state index in [0.29, 0.717) is 42.6 Å². The van der Waals surface area contributed by atoms with Gasteiger partial charge in [-0.2, -0.15) is 12.6 Å². The molecule has 0 aliphatic carbocycles. The molecule has 0 saturated carbocycles. The number of rotatable bonds is 37. The van der Waals surface area contributed by atoms with Crippen molar-refractivity contribution in [3.05, 3.63) is 66.3 Å². The fraction of sp³-hybridized carbons (Fsp3) is 0.542. The van der Waals surface area contributed by atoms with Crippen molar-refractivity contribution in [3.8, 4) is 5.75 Å². The van der Waals surface area contributed by atoms with Gasteiger partial charge in [-0.25, -0.2) is 14.8 Å². The van der Waals surface area contributed by atoms with Gasteiger partial charge in [-0.15, -0.1) is 0 Å². The van der Waals surface area contributed by atoms with Gasteiger partial charge in [0.2, 0.25) is 47.3 Å². The first-order valence-electron chi connectivity index (χ1n) is 25.5. The molecule has 23 N–H and O–H groups in total. The molecule has 31 heteroatoms. The van der Waals surface area contributed by atoms with Crippen LogP contribution in [0.1, 0.15) is 75.2 Å². The number of phenols is 1. The number of carboxylic acids is 1. The standard InChI is InChI=1S/C48H76N18O12S/c1-26(67)39(46(76)64-36(19-29-21-55-25-59-29)44(74)61-32(7-2-4-14-49)41(71)57-22-38(69)60-34(47(77)78)9-6-16-56-48(52)53)66-45(75)37(23-79)65-42(72)33(8-3-5-15-50)62-43(73)35(18-28-20-54-24-58-28)63-40(70)31(51)17-27-10-12-30(68)13-11-27/h10-13,20-21,24-26,31-37,39,67-68,79H,2-9,14-19,22-23,49-51H2,1H3,(H,54,58)(H,55,59)(H,57,71)(H,60,69)(H,61,74)(H,62,73)(H,63,70)(H,64,76)(H,65,72)(H,66,75)(H,77,78)(H4,52,53,56)/t26-,31+,32+,33+,34+,35+,36+,37+,39+/m1/s1. The second-order valence-electron chi connectivity index (χ2n) is 18.4. The molecule has 2 heterocycles. The van der Waals surface area contributed by atoms with Crippen LogP contribution in [0.25, 0.3) is 0 Å². The third-order valence-corrected chi connectivity index (χ3v) is 12.4. The maximum Gasteiger partial charge on any atom is 0.326 e. The number of imidazole rings is 2. The summed E-state index contributed by atoms with van der Waals surface area (Å²) in [5.41, 5.74) is 29.7. The summed E-state index contributed by atoms with van der Waals surface area (Å²) in [4.78, 5) is 139. The zero-order chi connectivity index (χ0) is 58.4. The van der Waals surface area contributed by atoms with Crippen molar-refractivity contribution in [3.63, 3.8) is 0 Å². The van der Waals surface area contributed by atoms with Crippen LogP contribution in [0.5, 0.6) is 5.75 Å². The number of carboxylic acid groups (broad SMARTS) is 1. The van der Waals surface area contributed by atoms with E-state index in [2.05, 4.69) is 80.1 Å². The summed E-state index contributed by atoms with van der Waals surface area (Å²) in [6, 6.07) is -5.02. The van der Waals surface area contributed by atoms with Crippen molar-refractivity contribution in [2.75, 3.05) is 31.9 Å². The zero-order valence-electron chi connectivity index (χ0n) is 43.8. The number of aromatic nitrogens is 4. The first-order chi connectivity index (χ1) is 37.6. The average Bonchev–Trinajstić information content (AvgIpc) is 4.14. The van der Waals surface area contributed by atoms with Crippen LogP contribution < -0.4 is 71.2 Å². The van der Waals surface area contributed by atoms with E-state index in [0.717, 1.165) is 0 Å². The Bertz CT molecular complexity index is 2450. The molecule has 1 aromatic carbocycles. The molecule has 3 rings (SSSR count). The van der Waals surface area contributed by atoms with Crippen LogP contribution in [0.4, 0.5) is 0 Å². The fourth-order valence-electron chi connectivity index (χ4n) is 7.66. The lowest BCUT2D eigenvalue weighted by Crippen LogP contribution is -2.62. The summed E-state index contributed by atoms with van der Waals surface area (Å²) in [7, 11) is 0. The number of carbonyl (C=O) groups excluding carboxylic acids is 8. The number of amides is 8. The smallest absolute Gasteiger partial charge is 0.326 e. The predicted molar refractivity (Wildman–Crippen MR) is 290 cm³/mol. The number of hydrogen-bond acceptors (Lipinski definition) is 18. The monoisotopic (exact) mass is 1130 g/mol. The Morgan fingerprint density at radius 1 is 0.620 bits per heavy atom. The molecule has 30 nitrogen and oxygen atoms in total. The van der Waals surface area contributed by atoms with Crippen molar-refractivity contribution < 1.29 is 58.5 Å². The SMILES string of the molecule is C[C@@H](O)[C@H](NC(=O)[C@H](CS)NC(=O)[C@H](CCCCN)NC(=O)[C@H](Cc1cnc[nH]1)NC(=O)[C@@H](N)Cc1ccc(O)cc1)C(=O)N[C@@H](Cc1cnc[nH]1)C(=O)N[C@@H](CCCCN)C(=O)NCC(=O)N[C@@H](CCCN=C(N)N)C(=O)O. The van der Waals surface area contributed by atoms with Gasteiger partial charge in [0.25, 0.3) is 0 Å². The van der Waals surface area contributed by atoms with Gasteiger partial charge in [-0.3, -0.25) is 43.3 Å².